The van der Waals surface area contributed by atoms with Crippen molar-refractivity contribution in [1.82, 2.24) is 9.55 Å². The predicted molar refractivity (Wildman–Crippen MR) is 86.4 cm³/mol. The van der Waals surface area contributed by atoms with Crippen LogP contribution < -0.4 is 0 Å². The molecule has 2 heterocycles. The van der Waals surface area contributed by atoms with E-state index in [0.717, 1.165) is 22.0 Å². The van der Waals surface area contributed by atoms with Crippen LogP contribution in [0.3, 0.4) is 0 Å². The molecule has 1 unspecified atom stereocenters. The SMILES string of the molecule is Cn1cc(C(C(=O)O)c2ccc3ncoc3c2)c2ccccc21. The van der Waals surface area contributed by atoms with E-state index in [0.29, 0.717) is 11.1 Å². The van der Waals surface area contributed by atoms with Crippen molar-refractivity contribution >= 4 is 28.0 Å². The molecule has 1 N–H and O–H groups in total. The van der Waals surface area contributed by atoms with Gasteiger partial charge >= 0.3 is 5.97 Å². The highest BCUT2D eigenvalue weighted by Crippen LogP contribution is 2.33. The fourth-order valence-corrected chi connectivity index (χ4v) is 3.11. The average molecular weight is 306 g/mol. The third-order valence-corrected chi connectivity index (χ3v) is 4.17. The smallest absolute Gasteiger partial charge is 0.315 e. The number of aliphatic carboxylic acids is 1. The molecule has 0 fully saturated rings. The first-order chi connectivity index (χ1) is 11.1. The summed E-state index contributed by atoms with van der Waals surface area (Å²) in [6.45, 7) is 0. The van der Waals surface area contributed by atoms with Gasteiger partial charge in [-0.15, -0.1) is 0 Å². The number of benzene rings is 2. The Labute approximate surface area is 131 Å². The van der Waals surface area contributed by atoms with Crippen LogP contribution in [-0.4, -0.2) is 20.6 Å². The van der Waals surface area contributed by atoms with Crippen LogP contribution in [-0.2, 0) is 11.8 Å². The van der Waals surface area contributed by atoms with E-state index < -0.39 is 11.9 Å². The number of nitrogens with zero attached hydrogens (tertiary/aromatic N) is 2. The Hall–Kier alpha value is -3.08. The summed E-state index contributed by atoms with van der Waals surface area (Å²) in [5.74, 6) is -1.64. The number of aryl methyl sites for hydroxylation is 1. The molecule has 5 nitrogen and oxygen atoms in total. The van der Waals surface area contributed by atoms with Crippen LogP contribution in [0, 0.1) is 0 Å². The molecule has 0 saturated heterocycles. The minimum atomic E-state index is -0.889. The molecular weight excluding hydrogens is 292 g/mol. The summed E-state index contributed by atoms with van der Waals surface area (Å²) < 4.78 is 7.26. The second-order valence-corrected chi connectivity index (χ2v) is 5.56. The highest BCUT2D eigenvalue weighted by molar-refractivity contribution is 5.92. The molecule has 1 atom stereocenters. The summed E-state index contributed by atoms with van der Waals surface area (Å²) in [6.07, 6.45) is 3.25. The van der Waals surface area contributed by atoms with E-state index in [1.54, 1.807) is 18.2 Å². The number of para-hydroxylation sites is 1. The van der Waals surface area contributed by atoms with Gasteiger partial charge in [-0.2, -0.15) is 0 Å². The van der Waals surface area contributed by atoms with E-state index in [1.807, 2.05) is 42.1 Å². The second-order valence-electron chi connectivity index (χ2n) is 5.56. The Balaban J connectivity index is 1.95. The molecule has 4 aromatic rings. The summed E-state index contributed by atoms with van der Waals surface area (Å²) >= 11 is 0. The zero-order valence-electron chi connectivity index (χ0n) is 12.4. The van der Waals surface area contributed by atoms with Gasteiger partial charge in [0, 0.05) is 24.1 Å². The molecule has 114 valence electrons. The number of rotatable bonds is 3. The predicted octanol–water partition coefficient (Wildman–Crippen LogP) is 3.54. The third-order valence-electron chi connectivity index (χ3n) is 4.17. The monoisotopic (exact) mass is 306 g/mol. The van der Waals surface area contributed by atoms with Crippen LogP contribution in [0.25, 0.3) is 22.0 Å². The van der Waals surface area contributed by atoms with Crippen LogP contribution in [0.1, 0.15) is 17.0 Å². The normalized spacial score (nSPS) is 12.7. The van der Waals surface area contributed by atoms with Crippen molar-refractivity contribution in [3.05, 3.63) is 66.2 Å². The van der Waals surface area contributed by atoms with E-state index in [9.17, 15) is 9.90 Å². The van der Waals surface area contributed by atoms with Gasteiger partial charge < -0.3 is 14.1 Å². The molecule has 0 amide bonds. The molecule has 4 rings (SSSR count). The molecule has 0 radical (unpaired) electrons. The molecule has 0 spiro atoms. The van der Waals surface area contributed by atoms with Gasteiger partial charge in [-0.3, -0.25) is 4.79 Å². The molecule has 2 aromatic heterocycles. The third kappa shape index (κ3) is 2.09. The first-order valence-electron chi connectivity index (χ1n) is 7.25. The van der Waals surface area contributed by atoms with Crippen molar-refractivity contribution in [2.75, 3.05) is 0 Å². The zero-order valence-corrected chi connectivity index (χ0v) is 12.4. The van der Waals surface area contributed by atoms with E-state index >= 15 is 0 Å². The summed E-state index contributed by atoms with van der Waals surface area (Å²) in [5.41, 5.74) is 3.77. The minimum Gasteiger partial charge on any atom is -0.481 e. The number of carbonyl (C=O) groups is 1. The zero-order chi connectivity index (χ0) is 16.0. The highest BCUT2D eigenvalue weighted by atomic mass is 16.4. The van der Waals surface area contributed by atoms with Crippen molar-refractivity contribution in [3.8, 4) is 0 Å². The Morgan fingerprint density at radius 2 is 2.09 bits per heavy atom. The summed E-state index contributed by atoms with van der Waals surface area (Å²) in [7, 11) is 1.92. The number of fused-ring (bicyclic) bond motifs is 2. The van der Waals surface area contributed by atoms with Crippen LogP contribution >= 0.6 is 0 Å². The van der Waals surface area contributed by atoms with Gasteiger partial charge in [0.2, 0.25) is 0 Å². The number of aromatic nitrogens is 2. The van der Waals surface area contributed by atoms with Crippen molar-refractivity contribution in [3.63, 3.8) is 0 Å². The van der Waals surface area contributed by atoms with E-state index in [4.69, 9.17) is 4.42 Å². The summed E-state index contributed by atoms with van der Waals surface area (Å²) in [4.78, 5) is 16.0. The lowest BCUT2D eigenvalue weighted by Crippen LogP contribution is -2.12. The van der Waals surface area contributed by atoms with Crippen LogP contribution in [0.15, 0.2) is 59.5 Å². The average Bonchev–Trinajstić information content (AvgIpc) is 3.13. The van der Waals surface area contributed by atoms with Crippen LogP contribution in [0.5, 0.6) is 0 Å². The summed E-state index contributed by atoms with van der Waals surface area (Å²) in [6, 6.07) is 13.1. The van der Waals surface area contributed by atoms with Crippen molar-refractivity contribution in [2.24, 2.45) is 7.05 Å². The molecule has 2 aromatic carbocycles. The number of carboxylic acids is 1. The van der Waals surface area contributed by atoms with Crippen molar-refractivity contribution in [2.45, 2.75) is 5.92 Å². The maximum atomic E-state index is 12.0. The quantitative estimate of drug-likeness (QED) is 0.628. The Kier molecular flexibility index (Phi) is 2.94. The fourth-order valence-electron chi connectivity index (χ4n) is 3.11. The van der Waals surface area contributed by atoms with E-state index in [1.165, 1.54) is 6.39 Å². The largest absolute Gasteiger partial charge is 0.481 e. The van der Waals surface area contributed by atoms with Gasteiger partial charge in [0.15, 0.2) is 12.0 Å². The number of hydrogen-bond donors (Lipinski definition) is 1. The molecule has 0 bridgehead atoms. The number of carboxylic acid groups (broad SMARTS) is 1. The maximum Gasteiger partial charge on any atom is 0.315 e. The van der Waals surface area contributed by atoms with E-state index in [2.05, 4.69) is 4.98 Å². The highest BCUT2D eigenvalue weighted by Gasteiger charge is 2.26. The topological polar surface area (TPSA) is 68.3 Å². The van der Waals surface area contributed by atoms with Gasteiger partial charge in [0.1, 0.15) is 11.4 Å². The lowest BCUT2D eigenvalue weighted by atomic mass is 9.91. The first-order valence-corrected chi connectivity index (χ1v) is 7.25. The summed E-state index contributed by atoms with van der Waals surface area (Å²) in [5, 5.41) is 10.8. The lowest BCUT2D eigenvalue weighted by molar-refractivity contribution is -0.137. The first kappa shape index (κ1) is 13.6. The van der Waals surface area contributed by atoms with Gasteiger partial charge in [-0.25, -0.2) is 4.98 Å². The molecule has 0 aliphatic heterocycles. The van der Waals surface area contributed by atoms with Crippen LogP contribution in [0.2, 0.25) is 0 Å². The molecular formula is C18H14N2O3. The van der Waals surface area contributed by atoms with Crippen molar-refractivity contribution in [1.29, 1.82) is 0 Å². The molecule has 0 aliphatic rings. The number of oxazole rings is 1. The van der Waals surface area contributed by atoms with Gasteiger partial charge in [0.05, 0.1) is 0 Å². The Bertz CT molecular complexity index is 1030. The fraction of sp³-hybridized carbons (Fsp3) is 0.111. The second kappa shape index (κ2) is 4.98. The van der Waals surface area contributed by atoms with Crippen LogP contribution in [0.4, 0.5) is 0 Å². The maximum absolute atomic E-state index is 12.0. The molecule has 5 heteroatoms. The lowest BCUT2D eigenvalue weighted by Gasteiger charge is -2.12. The van der Waals surface area contributed by atoms with Gasteiger partial charge in [-0.05, 0) is 29.3 Å². The molecule has 23 heavy (non-hydrogen) atoms. The molecule has 0 aliphatic carbocycles. The molecule has 0 saturated carbocycles. The van der Waals surface area contributed by atoms with Crippen molar-refractivity contribution < 1.29 is 14.3 Å². The Morgan fingerprint density at radius 3 is 2.91 bits per heavy atom. The van der Waals surface area contributed by atoms with Gasteiger partial charge in [-0.1, -0.05) is 24.3 Å². The standard InChI is InChI=1S/C18H14N2O3/c1-20-9-13(12-4-2-3-5-15(12)20)17(18(21)22)11-6-7-14-16(8-11)23-10-19-14/h2-10,17H,1H3,(H,21,22). The minimum absolute atomic E-state index is 0.592. The van der Waals surface area contributed by atoms with Gasteiger partial charge in [0.25, 0.3) is 0 Å². The number of hydrogen-bond acceptors (Lipinski definition) is 3. The Morgan fingerprint density at radius 1 is 1.26 bits per heavy atom. The van der Waals surface area contributed by atoms with E-state index in [-0.39, 0.29) is 0 Å².